The number of piperazine rings is 1. The van der Waals surface area contributed by atoms with Gasteiger partial charge < -0.3 is 25.3 Å². The molecule has 1 heterocycles. The van der Waals surface area contributed by atoms with Gasteiger partial charge in [0.25, 0.3) is 11.8 Å². The standard InChI is InChI=1S/C32H41N5O2.ClH/c1-23-12-13-29(37-18-16-35(4)17-19-37)22-30(23)31(38)34-24(2)25-8-6-9-26(20-25)27-10-7-11-28(21-27)32(39)36(5)15-14-33-3;/h6-13,20-22,24,33H,14-19H2,1-5H3,(H,34,38);1H/t24-;/m1./s1. The van der Waals surface area contributed by atoms with Gasteiger partial charge in [-0.25, -0.2) is 0 Å². The zero-order valence-electron chi connectivity index (χ0n) is 24.2. The Balaban J connectivity index is 0.00000441. The van der Waals surface area contributed by atoms with Crippen LogP contribution in [0.1, 0.15) is 44.8 Å². The van der Waals surface area contributed by atoms with Crippen LogP contribution in [0.3, 0.4) is 0 Å². The van der Waals surface area contributed by atoms with Crippen molar-refractivity contribution >= 4 is 29.9 Å². The Labute approximate surface area is 245 Å². The number of carbonyl (C=O) groups is 2. The number of rotatable bonds is 9. The van der Waals surface area contributed by atoms with Crippen molar-refractivity contribution in [3.63, 3.8) is 0 Å². The van der Waals surface area contributed by atoms with Crippen LogP contribution in [0.15, 0.2) is 66.7 Å². The molecule has 1 saturated heterocycles. The molecule has 0 bridgehead atoms. The summed E-state index contributed by atoms with van der Waals surface area (Å²) in [6.07, 6.45) is 0. The number of likely N-dealkylation sites (N-methyl/N-ethyl adjacent to an activating group) is 3. The second-order valence-corrected chi connectivity index (χ2v) is 10.5. The van der Waals surface area contributed by atoms with Crippen molar-refractivity contribution in [1.82, 2.24) is 20.4 Å². The van der Waals surface area contributed by atoms with Crippen LogP contribution in [0.4, 0.5) is 5.69 Å². The summed E-state index contributed by atoms with van der Waals surface area (Å²) in [7, 11) is 5.84. The fourth-order valence-corrected chi connectivity index (χ4v) is 4.89. The van der Waals surface area contributed by atoms with Gasteiger partial charge in [0.2, 0.25) is 0 Å². The third-order valence-electron chi connectivity index (χ3n) is 7.56. The predicted molar refractivity (Wildman–Crippen MR) is 167 cm³/mol. The van der Waals surface area contributed by atoms with E-state index in [1.807, 2.05) is 82.5 Å². The number of anilines is 1. The zero-order chi connectivity index (χ0) is 27.9. The molecule has 7 nitrogen and oxygen atoms in total. The van der Waals surface area contributed by atoms with E-state index in [9.17, 15) is 9.59 Å². The maximum absolute atomic E-state index is 13.4. The SMILES string of the molecule is CNCCN(C)C(=O)c1cccc(-c2cccc([C@@H](C)NC(=O)c3cc(N4CCN(C)CC4)ccc3C)c2)c1.Cl. The lowest BCUT2D eigenvalue weighted by molar-refractivity contribution is 0.0796. The number of halogens is 1. The normalized spacial score (nSPS) is 14.3. The van der Waals surface area contributed by atoms with Crippen molar-refractivity contribution in [1.29, 1.82) is 0 Å². The smallest absolute Gasteiger partial charge is 0.253 e. The summed E-state index contributed by atoms with van der Waals surface area (Å²) in [6, 6.07) is 21.9. The summed E-state index contributed by atoms with van der Waals surface area (Å²) < 4.78 is 0. The Morgan fingerprint density at radius 2 is 1.62 bits per heavy atom. The third kappa shape index (κ3) is 7.62. The summed E-state index contributed by atoms with van der Waals surface area (Å²) in [6.45, 7) is 9.34. The molecule has 0 saturated carbocycles. The Morgan fingerprint density at radius 1 is 0.950 bits per heavy atom. The van der Waals surface area contributed by atoms with Crippen molar-refractivity contribution in [2.45, 2.75) is 19.9 Å². The van der Waals surface area contributed by atoms with Crippen molar-refractivity contribution in [2.75, 3.05) is 65.3 Å². The van der Waals surface area contributed by atoms with Crippen molar-refractivity contribution < 1.29 is 9.59 Å². The van der Waals surface area contributed by atoms with E-state index in [-0.39, 0.29) is 30.3 Å². The average molecular weight is 564 g/mol. The lowest BCUT2D eigenvalue weighted by Crippen LogP contribution is -2.44. The number of aryl methyl sites for hydroxylation is 1. The molecular formula is C32H42ClN5O2. The van der Waals surface area contributed by atoms with Crippen molar-refractivity contribution in [3.05, 3.63) is 89.0 Å². The van der Waals surface area contributed by atoms with Gasteiger partial charge in [-0.1, -0.05) is 36.4 Å². The van der Waals surface area contributed by atoms with E-state index in [4.69, 9.17) is 0 Å². The van der Waals surface area contributed by atoms with Gasteiger partial charge in [-0.3, -0.25) is 9.59 Å². The number of nitrogens with one attached hydrogen (secondary N) is 2. The molecule has 0 spiro atoms. The Kier molecular flexibility index (Phi) is 11.1. The summed E-state index contributed by atoms with van der Waals surface area (Å²) in [5.74, 6) is -0.0726. The second kappa shape index (κ2) is 14.3. The molecule has 214 valence electrons. The van der Waals surface area contributed by atoms with Gasteiger partial charge >= 0.3 is 0 Å². The van der Waals surface area contributed by atoms with Crippen LogP contribution in [-0.2, 0) is 0 Å². The maximum atomic E-state index is 13.4. The number of benzene rings is 3. The summed E-state index contributed by atoms with van der Waals surface area (Å²) >= 11 is 0. The van der Waals surface area contributed by atoms with Crippen LogP contribution in [0, 0.1) is 6.92 Å². The van der Waals surface area contributed by atoms with Gasteiger partial charge in [-0.2, -0.15) is 0 Å². The molecule has 8 heteroatoms. The van der Waals surface area contributed by atoms with E-state index >= 15 is 0 Å². The minimum atomic E-state index is -0.179. The quantitative estimate of drug-likeness (QED) is 0.398. The minimum absolute atomic E-state index is 0. The maximum Gasteiger partial charge on any atom is 0.253 e. The molecule has 0 unspecified atom stereocenters. The molecule has 0 aliphatic carbocycles. The topological polar surface area (TPSA) is 67.9 Å². The fourth-order valence-electron chi connectivity index (χ4n) is 4.89. The van der Waals surface area contributed by atoms with E-state index in [0.29, 0.717) is 17.7 Å². The first-order valence-corrected chi connectivity index (χ1v) is 13.7. The highest BCUT2D eigenvalue weighted by Crippen LogP contribution is 2.26. The van der Waals surface area contributed by atoms with E-state index in [1.54, 1.807) is 4.90 Å². The number of hydrogen-bond donors (Lipinski definition) is 2. The van der Waals surface area contributed by atoms with Gasteiger partial charge in [0.15, 0.2) is 0 Å². The highest BCUT2D eigenvalue weighted by atomic mass is 35.5. The van der Waals surface area contributed by atoms with E-state index < -0.39 is 0 Å². The molecular weight excluding hydrogens is 522 g/mol. The van der Waals surface area contributed by atoms with Crippen LogP contribution < -0.4 is 15.5 Å². The zero-order valence-corrected chi connectivity index (χ0v) is 25.1. The molecule has 0 radical (unpaired) electrons. The number of nitrogens with zero attached hydrogens (tertiary/aromatic N) is 3. The molecule has 1 aliphatic rings. The highest BCUT2D eigenvalue weighted by molar-refractivity contribution is 5.97. The van der Waals surface area contributed by atoms with Gasteiger partial charge in [-0.15, -0.1) is 12.4 Å². The second-order valence-electron chi connectivity index (χ2n) is 10.5. The minimum Gasteiger partial charge on any atom is -0.369 e. The summed E-state index contributed by atoms with van der Waals surface area (Å²) in [5, 5.41) is 6.28. The molecule has 2 N–H and O–H groups in total. The van der Waals surface area contributed by atoms with Crippen LogP contribution in [0.2, 0.25) is 0 Å². The number of hydrogen-bond acceptors (Lipinski definition) is 5. The summed E-state index contributed by atoms with van der Waals surface area (Å²) in [4.78, 5) is 32.6. The molecule has 1 aliphatic heterocycles. The predicted octanol–water partition coefficient (Wildman–Crippen LogP) is 4.62. The van der Waals surface area contributed by atoms with Gasteiger partial charge in [0.05, 0.1) is 6.04 Å². The number of carbonyl (C=O) groups excluding carboxylic acids is 2. The Bertz CT molecular complexity index is 1310. The molecule has 40 heavy (non-hydrogen) atoms. The molecule has 0 aromatic heterocycles. The average Bonchev–Trinajstić information content (AvgIpc) is 2.96. The first kappa shape index (κ1) is 31.1. The Hall–Kier alpha value is -3.39. The monoisotopic (exact) mass is 563 g/mol. The molecule has 2 amide bonds. The highest BCUT2D eigenvalue weighted by Gasteiger charge is 2.19. The lowest BCUT2D eigenvalue weighted by Gasteiger charge is -2.34. The third-order valence-corrected chi connectivity index (χ3v) is 7.56. The molecule has 3 aromatic rings. The van der Waals surface area contributed by atoms with Crippen LogP contribution in [-0.4, -0.2) is 82.0 Å². The van der Waals surface area contributed by atoms with Crippen LogP contribution in [0.25, 0.3) is 11.1 Å². The summed E-state index contributed by atoms with van der Waals surface area (Å²) in [5.41, 5.74) is 6.42. The van der Waals surface area contributed by atoms with E-state index in [0.717, 1.165) is 60.7 Å². The van der Waals surface area contributed by atoms with Crippen LogP contribution >= 0.6 is 12.4 Å². The first-order chi connectivity index (χ1) is 18.8. The fraction of sp³-hybridized carbons (Fsp3) is 0.375. The first-order valence-electron chi connectivity index (χ1n) is 13.7. The van der Waals surface area contributed by atoms with Crippen molar-refractivity contribution in [3.8, 4) is 11.1 Å². The number of amides is 2. The van der Waals surface area contributed by atoms with Crippen LogP contribution in [0.5, 0.6) is 0 Å². The van der Waals surface area contributed by atoms with Gasteiger partial charge in [-0.05, 0) is 80.5 Å². The van der Waals surface area contributed by atoms with E-state index in [2.05, 4.69) is 39.6 Å². The van der Waals surface area contributed by atoms with Gasteiger partial charge in [0.1, 0.15) is 0 Å². The van der Waals surface area contributed by atoms with E-state index in [1.165, 1.54) is 0 Å². The lowest BCUT2D eigenvalue weighted by atomic mass is 9.98. The molecule has 1 fully saturated rings. The molecule has 3 aromatic carbocycles. The molecule has 4 rings (SSSR count). The largest absolute Gasteiger partial charge is 0.369 e. The molecule has 1 atom stereocenters. The van der Waals surface area contributed by atoms with Gasteiger partial charge in [0, 0.05) is 63.1 Å². The van der Waals surface area contributed by atoms with Crippen molar-refractivity contribution in [2.24, 2.45) is 0 Å². The Morgan fingerprint density at radius 3 is 2.33 bits per heavy atom.